The van der Waals surface area contributed by atoms with Crippen LogP contribution in [0.25, 0.3) is 0 Å². The van der Waals surface area contributed by atoms with Crippen LogP contribution in [0.5, 0.6) is 5.75 Å². The number of nitrogens with zero attached hydrogens (tertiary/aromatic N) is 1. The molecule has 1 heterocycles. The summed E-state index contributed by atoms with van der Waals surface area (Å²) in [7, 11) is 1.64. The highest BCUT2D eigenvalue weighted by atomic mass is 16.5. The number of ether oxygens (including phenoxy) is 1. The van der Waals surface area contributed by atoms with Crippen molar-refractivity contribution in [2.45, 2.75) is 19.5 Å². The Bertz CT molecular complexity index is 613. The molecule has 1 amide bonds. The van der Waals surface area contributed by atoms with Crippen LogP contribution in [0.2, 0.25) is 0 Å². The molecule has 0 saturated carbocycles. The van der Waals surface area contributed by atoms with E-state index in [2.05, 4.69) is 5.32 Å². The average Bonchev–Trinajstić information content (AvgIpc) is 3.07. The van der Waals surface area contributed by atoms with Crippen molar-refractivity contribution in [2.24, 2.45) is 0 Å². The minimum Gasteiger partial charge on any atom is -0.508 e. The monoisotopic (exact) mass is 332 g/mol. The Hall–Kier alpha value is -2.31. The summed E-state index contributed by atoms with van der Waals surface area (Å²) >= 11 is 0. The van der Waals surface area contributed by atoms with Crippen LogP contribution < -0.4 is 5.32 Å². The fourth-order valence-corrected chi connectivity index (χ4v) is 2.38. The van der Waals surface area contributed by atoms with Gasteiger partial charge in [-0.05, 0) is 24.6 Å². The van der Waals surface area contributed by atoms with Gasteiger partial charge in [0.15, 0.2) is 0 Å². The third-order valence-corrected chi connectivity index (χ3v) is 3.56. The number of methoxy groups -OCH3 is 1. The van der Waals surface area contributed by atoms with Crippen LogP contribution in [0.3, 0.4) is 0 Å². The van der Waals surface area contributed by atoms with Crippen molar-refractivity contribution >= 4 is 5.91 Å². The molecule has 6 heteroatoms. The van der Waals surface area contributed by atoms with E-state index < -0.39 is 0 Å². The van der Waals surface area contributed by atoms with Gasteiger partial charge in [-0.25, -0.2) is 0 Å². The summed E-state index contributed by atoms with van der Waals surface area (Å²) in [4.78, 5) is 14.1. The molecule has 6 nitrogen and oxygen atoms in total. The zero-order chi connectivity index (χ0) is 17.2. The Morgan fingerprint density at radius 3 is 2.79 bits per heavy atom. The number of rotatable bonds is 10. The number of amides is 1. The second-order valence-electron chi connectivity index (χ2n) is 5.55. The number of phenolic OH excluding ortho intramolecular Hbond substituents is 1. The van der Waals surface area contributed by atoms with E-state index >= 15 is 0 Å². The van der Waals surface area contributed by atoms with E-state index in [0.717, 1.165) is 17.7 Å². The lowest BCUT2D eigenvalue weighted by molar-refractivity contribution is -0.122. The lowest BCUT2D eigenvalue weighted by Crippen LogP contribution is -2.37. The number of hydrogen-bond donors (Lipinski definition) is 2. The summed E-state index contributed by atoms with van der Waals surface area (Å²) in [5.74, 6) is 0.938. The molecule has 2 N–H and O–H groups in total. The van der Waals surface area contributed by atoms with Gasteiger partial charge in [-0.1, -0.05) is 18.2 Å². The Morgan fingerprint density at radius 1 is 1.25 bits per heavy atom. The molecule has 24 heavy (non-hydrogen) atoms. The van der Waals surface area contributed by atoms with Crippen molar-refractivity contribution in [1.82, 2.24) is 10.2 Å². The summed E-state index contributed by atoms with van der Waals surface area (Å²) in [6.45, 7) is 2.37. The minimum absolute atomic E-state index is 0.0620. The molecule has 0 fully saturated rings. The van der Waals surface area contributed by atoms with E-state index in [-0.39, 0.29) is 18.2 Å². The molecule has 2 aromatic rings. The highest BCUT2D eigenvalue weighted by Crippen LogP contribution is 2.19. The van der Waals surface area contributed by atoms with Gasteiger partial charge in [0.1, 0.15) is 11.5 Å². The standard InChI is InChI=1S/C18H24N2O4/c1-23-10-5-9-19-18(22)14-20(13-16-7-4-11-24-16)12-15-6-2-3-8-17(15)21/h2-4,6-8,11,21H,5,9-10,12-14H2,1H3,(H,19,22). The summed E-state index contributed by atoms with van der Waals surface area (Å²) in [6, 6.07) is 10.8. The lowest BCUT2D eigenvalue weighted by atomic mass is 10.2. The number of hydrogen-bond acceptors (Lipinski definition) is 5. The molecule has 0 bridgehead atoms. The summed E-state index contributed by atoms with van der Waals surface area (Å²) < 4.78 is 10.3. The predicted octanol–water partition coefficient (Wildman–Crippen LogP) is 2.14. The number of aromatic hydroxyl groups is 1. The number of phenols is 1. The lowest BCUT2D eigenvalue weighted by Gasteiger charge is -2.21. The van der Waals surface area contributed by atoms with Gasteiger partial charge in [0, 0.05) is 32.4 Å². The first-order valence-electron chi connectivity index (χ1n) is 7.96. The van der Waals surface area contributed by atoms with Crippen molar-refractivity contribution in [3.05, 3.63) is 54.0 Å². The normalized spacial score (nSPS) is 10.9. The van der Waals surface area contributed by atoms with E-state index in [0.29, 0.717) is 26.2 Å². The molecule has 0 atom stereocenters. The van der Waals surface area contributed by atoms with Crippen LogP contribution in [0.4, 0.5) is 0 Å². The molecular weight excluding hydrogens is 308 g/mol. The summed E-state index contributed by atoms with van der Waals surface area (Å²) in [5.41, 5.74) is 0.774. The first-order chi connectivity index (χ1) is 11.7. The number of nitrogens with one attached hydrogen (secondary N) is 1. The maximum Gasteiger partial charge on any atom is 0.234 e. The maximum absolute atomic E-state index is 12.1. The molecule has 0 spiro atoms. The Balaban J connectivity index is 1.95. The molecule has 0 aliphatic heterocycles. The maximum atomic E-state index is 12.1. The van der Waals surface area contributed by atoms with Crippen LogP contribution in [-0.2, 0) is 22.6 Å². The molecule has 0 radical (unpaired) electrons. The zero-order valence-electron chi connectivity index (χ0n) is 13.9. The molecule has 2 rings (SSSR count). The van der Waals surface area contributed by atoms with Gasteiger partial charge in [-0.2, -0.15) is 0 Å². The summed E-state index contributed by atoms with van der Waals surface area (Å²) in [6.07, 6.45) is 2.39. The van der Waals surface area contributed by atoms with Gasteiger partial charge in [0.25, 0.3) is 0 Å². The number of benzene rings is 1. The molecule has 0 saturated heterocycles. The fraction of sp³-hybridized carbons (Fsp3) is 0.389. The third kappa shape index (κ3) is 6.06. The highest BCUT2D eigenvalue weighted by molar-refractivity contribution is 5.77. The molecule has 0 aliphatic rings. The van der Waals surface area contributed by atoms with Crippen molar-refractivity contribution in [2.75, 3.05) is 26.8 Å². The van der Waals surface area contributed by atoms with E-state index in [1.54, 1.807) is 25.5 Å². The van der Waals surface area contributed by atoms with Crippen molar-refractivity contribution in [3.8, 4) is 5.75 Å². The predicted molar refractivity (Wildman–Crippen MR) is 90.4 cm³/mol. The van der Waals surface area contributed by atoms with Crippen LogP contribution >= 0.6 is 0 Å². The van der Waals surface area contributed by atoms with E-state index in [1.807, 2.05) is 29.2 Å². The van der Waals surface area contributed by atoms with Crippen molar-refractivity contribution < 1.29 is 19.1 Å². The van der Waals surface area contributed by atoms with Crippen LogP contribution in [0, 0.1) is 0 Å². The number of carbonyl (C=O) groups is 1. The largest absolute Gasteiger partial charge is 0.508 e. The molecule has 0 aliphatic carbocycles. The minimum atomic E-state index is -0.0620. The summed E-state index contributed by atoms with van der Waals surface area (Å²) in [5, 5.41) is 12.8. The molecule has 1 aromatic heterocycles. The Kier molecular flexibility index (Phi) is 7.32. The van der Waals surface area contributed by atoms with Gasteiger partial charge in [0.2, 0.25) is 5.91 Å². The Labute approximate surface area is 142 Å². The van der Waals surface area contributed by atoms with E-state index in [9.17, 15) is 9.90 Å². The molecule has 0 unspecified atom stereocenters. The quantitative estimate of drug-likeness (QED) is 0.652. The second kappa shape index (κ2) is 9.75. The van der Waals surface area contributed by atoms with Gasteiger partial charge in [-0.15, -0.1) is 0 Å². The first-order valence-corrected chi connectivity index (χ1v) is 7.96. The molecule has 1 aromatic carbocycles. The topological polar surface area (TPSA) is 74.9 Å². The smallest absolute Gasteiger partial charge is 0.234 e. The van der Waals surface area contributed by atoms with Crippen LogP contribution in [0.1, 0.15) is 17.7 Å². The number of para-hydroxylation sites is 1. The van der Waals surface area contributed by atoms with E-state index in [4.69, 9.17) is 9.15 Å². The van der Waals surface area contributed by atoms with Crippen LogP contribution in [0.15, 0.2) is 47.1 Å². The third-order valence-electron chi connectivity index (χ3n) is 3.56. The number of carbonyl (C=O) groups excluding carboxylic acids is 1. The SMILES string of the molecule is COCCCNC(=O)CN(Cc1ccco1)Cc1ccccc1O. The Morgan fingerprint density at radius 2 is 2.08 bits per heavy atom. The fourth-order valence-electron chi connectivity index (χ4n) is 2.38. The van der Waals surface area contributed by atoms with Gasteiger partial charge >= 0.3 is 0 Å². The number of furan rings is 1. The molecular formula is C18H24N2O4. The molecule has 130 valence electrons. The zero-order valence-corrected chi connectivity index (χ0v) is 13.9. The van der Waals surface area contributed by atoms with Crippen LogP contribution in [-0.4, -0.2) is 42.7 Å². The van der Waals surface area contributed by atoms with Gasteiger partial charge in [-0.3, -0.25) is 9.69 Å². The van der Waals surface area contributed by atoms with Gasteiger partial charge < -0.3 is 19.6 Å². The van der Waals surface area contributed by atoms with Gasteiger partial charge in [0.05, 0.1) is 19.4 Å². The van der Waals surface area contributed by atoms with Crippen molar-refractivity contribution in [3.63, 3.8) is 0 Å². The van der Waals surface area contributed by atoms with Crippen molar-refractivity contribution in [1.29, 1.82) is 0 Å². The second-order valence-corrected chi connectivity index (χ2v) is 5.55. The first kappa shape index (κ1) is 18.0. The van der Waals surface area contributed by atoms with E-state index in [1.165, 1.54) is 0 Å². The average molecular weight is 332 g/mol. The highest BCUT2D eigenvalue weighted by Gasteiger charge is 2.14.